The summed E-state index contributed by atoms with van der Waals surface area (Å²) in [5, 5.41) is 3.38. The van der Waals surface area contributed by atoms with Crippen molar-refractivity contribution in [3.63, 3.8) is 0 Å². The van der Waals surface area contributed by atoms with Gasteiger partial charge in [0.25, 0.3) is 0 Å². The Morgan fingerprint density at radius 3 is 2.30 bits per heavy atom. The van der Waals surface area contributed by atoms with Crippen LogP contribution in [0, 0.1) is 6.92 Å². The SMILES string of the molecule is Cc1ccc(S[C@H](C)C(=O)Nc2ccc(Cl)cc2)cc1. The maximum absolute atomic E-state index is 12.1. The van der Waals surface area contributed by atoms with E-state index in [9.17, 15) is 4.79 Å². The van der Waals surface area contributed by atoms with Crippen molar-refractivity contribution in [2.45, 2.75) is 24.0 Å². The van der Waals surface area contributed by atoms with Crippen LogP contribution < -0.4 is 5.32 Å². The van der Waals surface area contributed by atoms with E-state index in [1.54, 1.807) is 36.0 Å². The molecule has 1 N–H and O–H groups in total. The normalized spacial score (nSPS) is 11.9. The molecule has 2 aromatic carbocycles. The number of aryl methyl sites for hydroxylation is 1. The van der Waals surface area contributed by atoms with Crippen molar-refractivity contribution in [3.05, 3.63) is 59.1 Å². The number of carbonyl (C=O) groups excluding carboxylic acids is 1. The first kappa shape index (κ1) is 14.9. The Kier molecular flexibility index (Phi) is 5.10. The summed E-state index contributed by atoms with van der Waals surface area (Å²) in [4.78, 5) is 13.2. The molecule has 0 heterocycles. The molecule has 0 fully saturated rings. The minimum Gasteiger partial charge on any atom is -0.325 e. The van der Waals surface area contributed by atoms with Crippen LogP contribution in [-0.4, -0.2) is 11.2 Å². The Hall–Kier alpha value is -1.45. The van der Waals surface area contributed by atoms with Gasteiger partial charge in [0.1, 0.15) is 0 Å². The van der Waals surface area contributed by atoms with Crippen molar-refractivity contribution >= 4 is 35.0 Å². The highest BCUT2D eigenvalue weighted by atomic mass is 35.5. The Morgan fingerprint density at radius 1 is 1.10 bits per heavy atom. The topological polar surface area (TPSA) is 29.1 Å². The van der Waals surface area contributed by atoms with Crippen molar-refractivity contribution in [2.75, 3.05) is 5.32 Å². The summed E-state index contributed by atoms with van der Waals surface area (Å²) in [6.07, 6.45) is 0. The zero-order valence-corrected chi connectivity index (χ0v) is 13.0. The molecule has 4 heteroatoms. The number of rotatable bonds is 4. The molecule has 20 heavy (non-hydrogen) atoms. The first-order valence-electron chi connectivity index (χ1n) is 6.34. The second kappa shape index (κ2) is 6.82. The fraction of sp³-hybridized carbons (Fsp3) is 0.188. The minimum absolute atomic E-state index is 0.0158. The van der Waals surface area contributed by atoms with E-state index in [1.807, 2.05) is 38.1 Å². The van der Waals surface area contributed by atoms with Gasteiger partial charge in [0.2, 0.25) is 5.91 Å². The zero-order chi connectivity index (χ0) is 14.5. The number of hydrogen-bond acceptors (Lipinski definition) is 2. The van der Waals surface area contributed by atoms with Crippen LogP contribution in [0.5, 0.6) is 0 Å². The molecular formula is C16H16ClNOS. The van der Waals surface area contributed by atoms with Crippen LogP contribution >= 0.6 is 23.4 Å². The van der Waals surface area contributed by atoms with E-state index in [4.69, 9.17) is 11.6 Å². The highest BCUT2D eigenvalue weighted by molar-refractivity contribution is 8.00. The maximum Gasteiger partial charge on any atom is 0.237 e. The lowest BCUT2D eigenvalue weighted by Crippen LogP contribution is -2.22. The van der Waals surface area contributed by atoms with Gasteiger partial charge < -0.3 is 5.32 Å². The first-order valence-corrected chi connectivity index (χ1v) is 7.60. The smallest absolute Gasteiger partial charge is 0.237 e. The minimum atomic E-state index is -0.159. The molecule has 0 aliphatic rings. The van der Waals surface area contributed by atoms with E-state index in [2.05, 4.69) is 5.32 Å². The summed E-state index contributed by atoms with van der Waals surface area (Å²) in [5.74, 6) is -0.0158. The molecule has 2 rings (SSSR count). The van der Waals surface area contributed by atoms with E-state index < -0.39 is 0 Å². The molecule has 2 aromatic rings. The second-order valence-corrected chi connectivity index (χ2v) is 6.42. The predicted octanol–water partition coefficient (Wildman–Crippen LogP) is 4.77. The van der Waals surface area contributed by atoms with Gasteiger partial charge in [0.05, 0.1) is 5.25 Å². The standard InChI is InChI=1S/C16H16ClNOS/c1-11-3-9-15(10-4-11)20-12(2)16(19)18-14-7-5-13(17)6-8-14/h3-10,12H,1-2H3,(H,18,19)/t12-/m1/s1. The summed E-state index contributed by atoms with van der Waals surface area (Å²) < 4.78 is 0. The van der Waals surface area contributed by atoms with E-state index in [0.717, 1.165) is 10.6 Å². The van der Waals surface area contributed by atoms with Crippen LogP contribution in [0.3, 0.4) is 0 Å². The number of anilines is 1. The molecule has 2 nitrogen and oxygen atoms in total. The number of benzene rings is 2. The average Bonchev–Trinajstić information content (AvgIpc) is 2.44. The van der Waals surface area contributed by atoms with E-state index >= 15 is 0 Å². The molecular weight excluding hydrogens is 290 g/mol. The Morgan fingerprint density at radius 2 is 1.70 bits per heavy atom. The molecule has 1 amide bonds. The Balaban J connectivity index is 1.94. The summed E-state index contributed by atoms with van der Waals surface area (Å²) in [7, 11) is 0. The molecule has 0 saturated heterocycles. The van der Waals surface area contributed by atoms with Crippen molar-refractivity contribution in [3.8, 4) is 0 Å². The van der Waals surface area contributed by atoms with E-state index in [1.165, 1.54) is 5.56 Å². The Labute approximate surface area is 128 Å². The van der Waals surface area contributed by atoms with Crippen LogP contribution in [0.15, 0.2) is 53.4 Å². The third-order valence-corrected chi connectivity index (χ3v) is 4.18. The van der Waals surface area contributed by atoms with Crippen LogP contribution in [0.1, 0.15) is 12.5 Å². The Bertz CT molecular complexity index is 580. The second-order valence-electron chi connectivity index (χ2n) is 4.57. The highest BCUT2D eigenvalue weighted by Crippen LogP contribution is 2.24. The van der Waals surface area contributed by atoms with E-state index in [-0.39, 0.29) is 11.2 Å². The third kappa shape index (κ3) is 4.29. The van der Waals surface area contributed by atoms with Gasteiger partial charge in [0.15, 0.2) is 0 Å². The van der Waals surface area contributed by atoms with Gasteiger partial charge in [-0.25, -0.2) is 0 Å². The molecule has 104 valence electrons. The molecule has 0 spiro atoms. The van der Waals surface area contributed by atoms with Gasteiger partial charge in [-0.05, 0) is 50.2 Å². The monoisotopic (exact) mass is 305 g/mol. The fourth-order valence-corrected chi connectivity index (χ4v) is 2.65. The molecule has 0 bridgehead atoms. The lowest BCUT2D eigenvalue weighted by atomic mass is 10.2. The van der Waals surface area contributed by atoms with Gasteiger partial charge in [-0.3, -0.25) is 4.79 Å². The van der Waals surface area contributed by atoms with Crippen molar-refractivity contribution in [2.24, 2.45) is 0 Å². The van der Waals surface area contributed by atoms with Crippen LogP contribution in [-0.2, 0) is 4.79 Å². The lowest BCUT2D eigenvalue weighted by molar-refractivity contribution is -0.115. The number of hydrogen-bond donors (Lipinski definition) is 1. The highest BCUT2D eigenvalue weighted by Gasteiger charge is 2.14. The fourth-order valence-electron chi connectivity index (χ4n) is 1.65. The third-order valence-electron chi connectivity index (χ3n) is 2.81. The molecule has 0 aromatic heterocycles. The quantitative estimate of drug-likeness (QED) is 0.825. The van der Waals surface area contributed by atoms with Gasteiger partial charge in [0, 0.05) is 15.6 Å². The summed E-state index contributed by atoms with van der Waals surface area (Å²) in [6, 6.07) is 15.3. The molecule has 0 radical (unpaired) electrons. The summed E-state index contributed by atoms with van der Waals surface area (Å²) in [6.45, 7) is 3.95. The first-order chi connectivity index (χ1) is 9.54. The van der Waals surface area contributed by atoms with E-state index in [0.29, 0.717) is 5.02 Å². The summed E-state index contributed by atoms with van der Waals surface area (Å²) in [5.41, 5.74) is 1.98. The number of carbonyl (C=O) groups is 1. The van der Waals surface area contributed by atoms with Crippen molar-refractivity contribution in [1.82, 2.24) is 0 Å². The molecule has 0 saturated carbocycles. The molecule has 1 atom stereocenters. The zero-order valence-electron chi connectivity index (χ0n) is 11.4. The van der Waals surface area contributed by atoms with Gasteiger partial charge in [-0.1, -0.05) is 29.3 Å². The van der Waals surface area contributed by atoms with Gasteiger partial charge in [-0.15, -0.1) is 11.8 Å². The van der Waals surface area contributed by atoms with Crippen LogP contribution in [0.4, 0.5) is 5.69 Å². The number of amides is 1. The number of thioether (sulfide) groups is 1. The van der Waals surface area contributed by atoms with Crippen LogP contribution in [0.25, 0.3) is 0 Å². The maximum atomic E-state index is 12.1. The predicted molar refractivity (Wildman–Crippen MR) is 86.6 cm³/mol. The molecule has 0 aliphatic carbocycles. The lowest BCUT2D eigenvalue weighted by Gasteiger charge is -2.12. The van der Waals surface area contributed by atoms with Crippen LogP contribution in [0.2, 0.25) is 5.02 Å². The van der Waals surface area contributed by atoms with Crippen molar-refractivity contribution < 1.29 is 4.79 Å². The molecule has 0 aliphatic heterocycles. The van der Waals surface area contributed by atoms with Gasteiger partial charge >= 0.3 is 0 Å². The molecule has 0 unspecified atom stereocenters. The number of halogens is 1. The van der Waals surface area contributed by atoms with Crippen molar-refractivity contribution in [1.29, 1.82) is 0 Å². The largest absolute Gasteiger partial charge is 0.325 e. The van der Waals surface area contributed by atoms with Gasteiger partial charge in [-0.2, -0.15) is 0 Å². The summed E-state index contributed by atoms with van der Waals surface area (Å²) >= 11 is 7.36. The number of nitrogens with one attached hydrogen (secondary N) is 1. The average molecular weight is 306 g/mol.